The molecule has 2 aliphatic rings. The van der Waals surface area contributed by atoms with Gasteiger partial charge in [-0.05, 0) is 64.2 Å². The van der Waals surface area contributed by atoms with Crippen molar-refractivity contribution in [3.05, 3.63) is 35.0 Å². The normalized spacial score (nSPS) is 20.6. The lowest BCUT2D eigenvalue weighted by Gasteiger charge is -2.42. The molecule has 2 aromatic rings. The molecule has 1 heterocycles. The number of hydrogen-bond acceptors (Lipinski definition) is 2. The quantitative estimate of drug-likeness (QED) is 0.659. The van der Waals surface area contributed by atoms with E-state index in [0.717, 1.165) is 6.54 Å². The summed E-state index contributed by atoms with van der Waals surface area (Å²) in [6, 6.07) is 8.09. The molecule has 0 saturated heterocycles. The van der Waals surface area contributed by atoms with Crippen LogP contribution in [0.3, 0.4) is 0 Å². The second-order valence-electron chi connectivity index (χ2n) is 9.78. The molecule has 0 spiro atoms. The van der Waals surface area contributed by atoms with Gasteiger partial charge in [0.05, 0.1) is 12.6 Å². The highest BCUT2D eigenvalue weighted by Gasteiger charge is 2.30. The molecule has 0 amide bonds. The number of nitrogens with zero attached hydrogens (tertiary/aromatic N) is 2. The summed E-state index contributed by atoms with van der Waals surface area (Å²) in [5.74, 6) is 0. The van der Waals surface area contributed by atoms with Gasteiger partial charge in [0.15, 0.2) is 0 Å². The van der Waals surface area contributed by atoms with Crippen molar-refractivity contribution in [1.29, 1.82) is 0 Å². The maximum atomic E-state index is 11.2. The Morgan fingerprint density at radius 2 is 1.52 bits per heavy atom. The fraction of sp³-hybridized carbons (Fsp3) is 0.692. The van der Waals surface area contributed by atoms with Crippen LogP contribution < -0.4 is 0 Å². The SMILES string of the molecule is Cc1ccc2c(c1)c(C)c(C)n2C[C@@H](O)CN(C1CCCCC1)C1CCCCC1. The van der Waals surface area contributed by atoms with Gasteiger partial charge < -0.3 is 9.67 Å². The standard InChI is InChI=1S/C26H40N2O/c1-19-14-15-26-25(16-19)20(2)21(3)27(26)17-24(29)18-28(22-10-6-4-7-11-22)23-12-8-5-9-13-23/h14-16,22-24,29H,4-13,17-18H2,1-3H3/t24-/m1/s1. The number of aliphatic hydroxyl groups is 1. The first-order valence-corrected chi connectivity index (χ1v) is 12.0. The Labute approximate surface area is 177 Å². The Bertz CT molecular complexity index is 794. The topological polar surface area (TPSA) is 28.4 Å². The van der Waals surface area contributed by atoms with Crippen LogP contribution in [0.15, 0.2) is 18.2 Å². The molecule has 1 aromatic carbocycles. The Morgan fingerprint density at radius 1 is 0.931 bits per heavy atom. The zero-order valence-corrected chi connectivity index (χ0v) is 18.8. The highest BCUT2D eigenvalue weighted by molar-refractivity contribution is 5.85. The number of aromatic nitrogens is 1. The van der Waals surface area contributed by atoms with E-state index in [9.17, 15) is 5.11 Å². The summed E-state index contributed by atoms with van der Waals surface area (Å²) in [5.41, 5.74) is 5.23. The maximum absolute atomic E-state index is 11.2. The second-order valence-corrected chi connectivity index (χ2v) is 9.78. The number of hydrogen-bond donors (Lipinski definition) is 1. The van der Waals surface area contributed by atoms with Gasteiger partial charge in [-0.15, -0.1) is 0 Å². The van der Waals surface area contributed by atoms with Crippen LogP contribution >= 0.6 is 0 Å². The Morgan fingerprint density at radius 3 is 2.10 bits per heavy atom. The lowest BCUT2D eigenvalue weighted by Crippen LogP contribution is -2.49. The van der Waals surface area contributed by atoms with E-state index in [1.807, 2.05) is 0 Å². The van der Waals surface area contributed by atoms with Gasteiger partial charge in [0.1, 0.15) is 0 Å². The Balaban J connectivity index is 1.52. The van der Waals surface area contributed by atoms with E-state index in [2.05, 4.69) is 48.4 Å². The largest absolute Gasteiger partial charge is 0.390 e. The molecule has 2 fully saturated rings. The van der Waals surface area contributed by atoms with Crippen LogP contribution in [0.5, 0.6) is 0 Å². The van der Waals surface area contributed by atoms with Crippen molar-refractivity contribution < 1.29 is 5.11 Å². The lowest BCUT2D eigenvalue weighted by molar-refractivity contribution is 0.0236. The van der Waals surface area contributed by atoms with Crippen LogP contribution in [0, 0.1) is 20.8 Å². The predicted molar refractivity (Wildman–Crippen MR) is 123 cm³/mol. The minimum atomic E-state index is -0.311. The molecule has 2 saturated carbocycles. The maximum Gasteiger partial charge on any atom is 0.0846 e. The van der Waals surface area contributed by atoms with Crippen molar-refractivity contribution >= 4 is 10.9 Å². The minimum Gasteiger partial charge on any atom is -0.390 e. The van der Waals surface area contributed by atoms with Gasteiger partial charge in [0.25, 0.3) is 0 Å². The number of aryl methyl sites for hydroxylation is 2. The third-order valence-electron chi connectivity index (χ3n) is 7.70. The second kappa shape index (κ2) is 9.22. The van der Waals surface area contributed by atoms with E-state index in [-0.39, 0.29) is 6.10 Å². The van der Waals surface area contributed by atoms with E-state index >= 15 is 0 Å². The van der Waals surface area contributed by atoms with Gasteiger partial charge in [-0.25, -0.2) is 0 Å². The van der Waals surface area contributed by atoms with E-state index in [0.29, 0.717) is 18.6 Å². The first kappa shape index (κ1) is 20.9. The number of benzene rings is 1. The molecule has 0 unspecified atom stereocenters. The van der Waals surface area contributed by atoms with Gasteiger partial charge in [0.2, 0.25) is 0 Å². The summed E-state index contributed by atoms with van der Waals surface area (Å²) in [6.45, 7) is 8.12. The van der Waals surface area contributed by atoms with E-state index < -0.39 is 0 Å². The van der Waals surface area contributed by atoms with Crippen molar-refractivity contribution in [3.63, 3.8) is 0 Å². The number of fused-ring (bicyclic) bond motifs is 1. The molecule has 2 aliphatic carbocycles. The van der Waals surface area contributed by atoms with Crippen molar-refractivity contribution in [1.82, 2.24) is 9.47 Å². The van der Waals surface area contributed by atoms with Crippen molar-refractivity contribution in [2.45, 2.75) is 110 Å². The number of aliphatic hydroxyl groups excluding tert-OH is 1. The van der Waals surface area contributed by atoms with Crippen LogP contribution in [-0.4, -0.2) is 39.3 Å². The van der Waals surface area contributed by atoms with Gasteiger partial charge in [-0.2, -0.15) is 0 Å². The molecule has 0 bridgehead atoms. The summed E-state index contributed by atoms with van der Waals surface area (Å²) in [6.07, 6.45) is 13.2. The van der Waals surface area contributed by atoms with Crippen LogP contribution in [0.4, 0.5) is 0 Å². The van der Waals surface area contributed by atoms with Gasteiger partial charge in [-0.3, -0.25) is 4.90 Å². The highest BCUT2D eigenvalue weighted by atomic mass is 16.3. The fourth-order valence-electron chi connectivity index (χ4n) is 5.93. The molecule has 0 aliphatic heterocycles. The molecule has 3 heteroatoms. The van der Waals surface area contributed by atoms with Crippen LogP contribution in [0.25, 0.3) is 10.9 Å². The zero-order valence-electron chi connectivity index (χ0n) is 18.8. The predicted octanol–water partition coefficient (Wildman–Crippen LogP) is 5.89. The van der Waals surface area contributed by atoms with Crippen LogP contribution in [0.2, 0.25) is 0 Å². The molecule has 1 aromatic heterocycles. The molecule has 160 valence electrons. The summed E-state index contributed by atoms with van der Waals surface area (Å²) in [4.78, 5) is 2.74. The summed E-state index contributed by atoms with van der Waals surface area (Å²) >= 11 is 0. The smallest absolute Gasteiger partial charge is 0.0846 e. The Hall–Kier alpha value is -1.32. The molecule has 1 atom stereocenters. The van der Waals surface area contributed by atoms with E-state index in [4.69, 9.17) is 0 Å². The van der Waals surface area contributed by atoms with Gasteiger partial charge >= 0.3 is 0 Å². The summed E-state index contributed by atoms with van der Waals surface area (Å²) in [7, 11) is 0. The minimum absolute atomic E-state index is 0.311. The van der Waals surface area contributed by atoms with Crippen molar-refractivity contribution in [2.24, 2.45) is 0 Å². The molecule has 3 nitrogen and oxygen atoms in total. The fourth-order valence-corrected chi connectivity index (χ4v) is 5.93. The Kier molecular flexibility index (Phi) is 6.66. The zero-order chi connectivity index (χ0) is 20.4. The molecular formula is C26H40N2O. The number of rotatable bonds is 6. The molecule has 29 heavy (non-hydrogen) atoms. The molecule has 4 rings (SSSR count). The van der Waals surface area contributed by atoms with E-state index in [1.54, 1.807) is 0 Å². The first-order chi connectivity index (χ1) is 14.0. The average Bonchev–Trinajstić information content (AvgIpc) is 2.97. The first-order valence-electron chi connectivity index (χ1n) is 12.0. The van der Waals surface area contributed by atoms with Crippen molar-refractivity contribution in [3.8, 4) is 0 Å². The third kappa shape index (κ3) is 4.56. The molecule has 1 N–H and O–H groups in total. The summed E-state index contributed by atoms with van der Waals surface area (Å²) in [5, 5.41) is 12.6. The van der Waals surface area contributed by atoms with E-state index in [1.165, 1.54) is 91.9 Å². The van der Waals surface area contributed by atoms with Gasteiger partial charge in [0, 0.05) is 35.2 Å². The van der Waals surface area contributed by atoms with Gasteiger partial charge in [-0.1, -0.05) is 50.2 Å². The van der Waals surface area contributed by atoms with Crippen molar-refractivity contribution in [2.75, 3.05) is 6.54 Å². The monoisotopic (exact) mass is 396 g/mol. The third-order valence-corrected chi connectivity index (χ3v) is 7.70. The average molecular weight is 397 g/mol. The van der Waals surface area contributed by atoms with Crippen LogP contribution in [0.1, 0.15) is 81.0 Å². The molecular weight excluding hydrogens is 356 g/mol. The molecule has 0 radical (unpaired) electrons. The lowest BCUT2D eigenvalue weighted by atomic mass is 9.88. The highest BCUT2D eigenvalue weighted by Crippen LogP contribution is 2.31. The van der Waals surface area contributed by atoms with Crippen LogP contribution in [-0.2, 0) is 6.54 Å². The summed E-state index contributed by atoms with van der Waals surface area (Å²) < 4.78 is 2.36.